The molecule has 0 heterocycles. The van der Waals surface area contributed by atoms with Crippen LogP contribution in [0.3, 0.4) is 0 Å². The van der Waals surface area contributed by atoms with Crippen molar-refractivity contribution in [1.82, 2.24) is 0 Å². The quantitative estimate of drug-likeness (QED) is 0.468. The van der Waals surface area contributed by atoms with Crippen molar-refractivity contribution in [2.45, 2.75) is 12.5 Å². The van der Waals surface area contributed by atoms with Crippen molar-refractivity contribution in [2.24, 2.45) is 5.92 Å². The molecule has 0 aromatic carbocycles. The summed E-state index contributed by atoms with van der Waals surface area (Å²) < 4.78 is 0. The minimum absolute atomic E-state index is 0.00463. The van der Waals surface area contributed by atoms with Gasteiger partial charge in [0.05, 0.1) is 12.7 Å². The SMILES string of the molecule is OC[C@H]1C=CC[C@H]1O. The highest BCUT2D eigenvalue weighted by atomic mass is 16.3. The first-order chi connectivity index (χ1) is 3.84. The van der Waals surface area contributed by atoms with Gasteiger partial charge in [0.1, 0.15) is 0 Å². The zero-order valence-electron chi connectivity index (χ0n) is 4.62. The summed E-state index contributed by atoms with van der Waals surface area (Å²) in [5.41, 5.74) is 0. The molecule has 0 fully saturated rings. The van der Waals surface area contributed by atoms with Gasteiger partial charge in [-0.15, -0.1) is 0 Å². The van der Waals surface area contributed by atoms with E-state index in [1.165, 1.54) is 0 Å². The second kappa shape index (κ2) is 2.29. The second-order valence-electron chi connectivity index (χ2n) is 2.08. The van der Waals surface area contributed by atoms with Gasteiger partial charge in [-0.2, -0.15) is 0 Å². The highest BCUT2D eigenvalue weighted by Gasteiger charge is 2.18. The fraction of sp³-hybridized carbons (Fsp3) is 0.667. The van der Waals surface area contributed by atoms with Gasteiger partial charge >= 0.3 is 0 Å². The van der Waals surface area contributed by atoms with E-state index < -0.39 is 0 Å². The van der Waals surface area contributed by atoms with Crippen molar-refractivity contribution in [3.63, 3.8) is 0 Å². The molecule has 0 aromatic heterocycles. The maximum absolute atomic E-state index is 8.97. The summed E-state index contributed by atoms with van der Waals surface area (Å²) in [7, 11) is 0. The lowest BCUT2D eigenvalue weighted by atomic mass is 10.1. The van der Waals surface area contributed by atoms with Crippen LogP contribution in [0.15, 0.2) is 12.2 Å². The average molecular weight is 114 g/mol. The second-order valence-corrected chi connectivity index (χ2v) is 2.08. The Morgan fingerprint density at radius 2 is 2.38 bits per heavy atom. The maximum Gasteiger partial charge on any atom is 0.0659 e. The van der Waals surface area contributed by atoms with Gasteiger partial charge in [0, 0.05) is 5.92 Å². The predicted octanol–water partition coefficient (Wildman–Crippen LogP) is -0.0843. The number of hydrogen-bond donors (Lipinski definition) is 2. The van der Waals surface area contributed by atoms with Crippen LogP contribution < -0.4 is 0 Å². The van der Waals surface area contributed by atoms with Crippen molar-refractivity contribution in [2.75, 3.05) is 6.61 Å². The first-order valence-electron chi connectivity index (χ1n) is 2.80. The third-order valence-electron chi connectivity index (χ3n) is 1.47. The van der Waals surface area contributed by atoms with E-state index in [4.69, 9.17) is 10.2 Å². The lowest BCUT2D eigenvalue weighted by molar-refractivity contribution is 0.104. The number of rotatable bonds is 1. The molecule has 1 aliphatic rings. The maximum atomic E-state index is 8.97. The van der Waals surface area contributed by atoms with Crippen LogP contribution in [-0.2, 0) is 0 Å². The van der Waals surface area contributed by atoms with E-state index in [2.05, 4.69) is 0 Å². The highest BCUT2D eigenvalue weighted by molar-refractivity contribution is 5.01. The molecule has 46 valence electrons. The molecule has 2 heteroatoms. The van der Waals surface area contributed by atoms with E-state index >= 15 is 0 Å². The normalized spacial score (nSPS) is 36.2. The van der Waals surface area contributed by atoms with Crippen molar-refractivity contribution < 1.29 is 10.2 Å². The van der Waals surface area contributed by atoms with Crippen LogP contribution in [-0.4, -0.2) is 22.9 Å². The van der Waals surface area contributed by atoms with Gasteiger partial charge < -0.3 is 10.2 Å². The molecule has 0 saturated carbocycles. The fourth-order valence-corrected chi connectivity index (χ4v) is 0.878. The van der Waals surface area contributed by atoms with Gasteiger partial charge in [-0.1, -0.05) is 12.2 Å². The van der Waals surface area contributed by atoms with E-state index in [1.54, 1.807) is 0 Å². The van der Waals surface area contributed by atoms with Crippen LogP contribution in [0.4, 0.5) is 0 Å². The molecule has 2 N–H and O–H groups in total. The summed E-state index contributed by atoms with van der Waals surface area (Å²) in [6.45, 7) is 0.0671. The molecular weight excluding hydrogens is 104 g/mol. The summed E-state index contributed by atoms with van der Waals surface area (Å²) in [5.74, 6) is -0.00463. The van der Waals surface area contributed by atoms with Gasteiger partial charge in [0.15, 0.2) is 0 Å². The first-order valence-corrected chi connectivity index (χ1v) is 2.80. The molecule has 0 aromatic rings. The van der Waals surface area contributed by atoms with Gasteiger partial charge in [-0.05, 0) is 6.42 Å². The Hall–Kier alpha value is -0.340. The van der Waals surface area contributed by atoms with Crippen molar-refractivity contribution in [3.8, 4) is 0 Å². The lowest BCUT2D eigenvalue weighted by Crippen LogP contribution is -2.16. The minimum Gasteiger partial charge on any atom is -0.396 e. The Labute approximate surface area is 48.5 Å². The van der Waals surface area contributed by atoms with Crippen molar-refractivity contribution in [1.29, 1.82) is 0 Å². The van der Waals surface area contributed by atoms with Crippen LogP contribution in [0.2, 0.25) is 0 Å². The van der Waals surface area contributed by atoms with E-state index in [-0.39, 0.29) is 18.6 Å². The summed E-state index contributed by atoms with van der Waals surface area (Å²) in [6.07, 6.45) is 4.11. The minimum atomic E-state index is -0.333. The van der Waals surface area contributed by atoms with Crippen molar-refractivity contribution >= 4 is 0 Å². The van der Waals surface area contributed by atoms with Crippen molar-refractivity contribution in [3.05, 3.63) is 12.2 Å². The molecule has 8 heavy (non-hydrogen) atoms. The van der Waals surface area contributed by atoms with Gasteiger partial charge in [-0.25, -0.2) is 0 Å². The number of aliphatic hydroxyl groups excluding tert-OH is 2. The summed E-state index contributed by atoms with van der Waals surface area (Å²) in [5, 5.41) is 17.5. The van der Waals surface area contributed by atoms with Crippen LogP contribution in [0.5, 0.6) is 0 Å². The summed E-state index contributed by atoms with van der Waals surface area (Å²) in [4.78, 5) is 0. The molecule has 0 bridgehead atoms. The molecule has 0 radical (unpaired) electrons. The standard InChI is InChI=1S/C6H10O2/c7-4-5-2-1-3-6(5)8/h1-2,5-8H,3-4H2/t5-,6-/m1/s1. The smallest absolute Gasteiger partial charge is 0.0659 e. The number of hydrogen-bond acceptors (Lipinski definition) is 2. The molecule has 0 saturated heterocycles. The van der Waals surface area contributed by atoms with Crippen LogP contribution in [0.1, 0.15) is 6.42 Å². The van der Waals surface area contributed by atoms with Gasteiger partial charge in [0.25, 0.3) is 0 Å². The molecule has 2 atom stereocenters. The van der Waals surface area contributed by atoms with Gasteiger partial charge in [0.2, 0.25) is 0 Å². The molecule has 0 aliphatic heterocycles. The largest absolute Gasteiger partial charge is 0.396 e. The molecule has 1 aliphatic carbocycles. The predicted molar refractivity (Wildman–Crippen MR) is 30.3 cm³/mol. The average Bonchev–Trinajstić information content (AvgIpc) is 2.14. The lowest BCUT2D eigenvalue weighted by Gasteiger charge is -2.08. The third-order valence-corrected chi connectivity index (χ3v) is 1.47. The van der Waals surface area contributed by atoms with E-state index in [1.807, 2.05) is 12.2 Å². The highest BCUT2D eigenvalue weighted by Crippen LogP contribution is 2.16. The molecule has 2 nitrogen and oxygen atoms in total. The fourth-order valence-electron chi connectivity index (χ4n) is 0.878. The van der Waals surface area contributed by atoms with Crippen LogP contribution in [0, 0.1) is 5.92 Å². The number of aliphatic hydroxyl groups is 2. The van der Waals surface area contributed by atoms with E-state index in [9.17, 15) is 0 Å². The van der Waals surface area contributed by atoms with Gasteiger partial charge in [-0.3, -0.25) is 0 Å². The zero-order valence-corrected chi connectivity index (χ0v) is 4.62. The Kier molecular flexibility index (Phi) is 1.65. The summed E-state index contributed by atoms with van der Waals surface area (Å²) >= 11 is 0. The molecule has 0 amide bonds. The first kappa shape index (κ1) is 5.79. The van der Waals surface area contributed by atoms with E-state index in [0.29, 0.717) is 6.42 Å². The Bertz CT molecular complexity index is 98.7. The molecular formula is C6H10O2. The molecule has 0 unspecified atom stereocenters. The molecule has 1 rings (SSSR count). The monoisotopic (exact) mass is 114 g/mol. The Morgan fingerprint density at radius 3 is 2.62 bits per heavy atom. The Balaban J connectivity index is 2.41. The topological polar surface area (TPSA) is 40.5 Å². The van der Waals surface area contributed by atoms with Crippen LogP contribution >= 0.6 is 0 Å². The zero-order chi connectivity index (χ0) is 5.98. The van der Waals surface area contributed by atoms with E-state index in [0.717, 1.165) is 0 Å². The molecule has 0 spiro atoms. The third kappa shape index (κ3) is 0.904. The Morgan fingerprint density at radius 1 is 1.62 bits per heavy atom. The van der Waals surface area contributed by atoms with Crippen LogP contribution in [0.25, 0.3) is 0 Å². The summed E-state index contributed by atoms with van der Waals surface area (Å²) in [6, 6.07) is 0.